The van der Waals surface area contributed by atoms with Crippen molar-refractivity contribution in [3.8, 4) is 0 Å². The highest BCUT2D eigenvalue weighted by Crippen LogP contribution is 2.16. The molecule has 1 aromatic rings. The zero-order chi connectivity index (χ0) is 11.6. The molecular formula is C10H13BrN2O2S. The van der Waals surface area contributed by atoms with Crippen LogP contribution < -0.4 is 5.32 Å². The highest BCUT2D eigenvalue weighted by molar-refractivity contribution is 9.10. The molecule has 2 heterocycles. The Morgan fingerprint density at radius 2 is 2.31 bits per heavy atom. The van der Waals surface area contributed by atoms with Gasteiger partial charge in [0.1, 0.15) is 4.60 Å². The molecule has 0 radical (unpaired) electrons. The van der Waals surface area contributed by atoms with Crippen LogP contribution in [0.15, 0.2) is 27.8 Å². The second-order valence-corrected chi connectivity index (χ2v) is 6.67. The Morgan fingerprint density at radius 1 is 1.50 bits per heavy atom. The standard InChI is InChI=1S/C10H13BrN2O2S/c11-9-4-1-5-10(13-9)16(14,15)7-8-3-2-6-12-8/h1,4-5,8,12H,2-3,6-7H2/t8-/m1/s1. The molecule has 0 saturated carbocycles. The minimum absolute atomic E-state index is 0.0748. The van der Waals surface area contributed by atoms with Crippen LogP contribution in [0.5, 0.6) is 0 Å². The van der Waals surface area contributed by atoms with Crippen LogP contribution in [0.1, 0.15) is 12.8 Å². The Morgan fingerprint density at radius 3 is 2.94 bits per heavy atom. The number of aromatic nitrogens is 1. The molecule has 88 valence electrons. The minimum Gasteiger partial charge on any atom is -0.313 e. The third-order valence-corrected chi connectivity index (χ3v) is 4.74. The smallest absolute Gasteiger partial charge is 0.197 e. The number of nitrogens with zero attached hydrogens (tertiary/aromatic N) is 1. The SMILES string of the molecule is O=S(=O)(C[C@H]1CCCN1)c1cccc(Br)n1. The average Bonchev–Trinajstić information content (AvgIpc) is 2.70. The summed E-state index contributed by atoms with van der Waals surface area (Å²) in [6.07, 6.45) is 1.97. The molecule has 1 fully saturated rings. The Kier molecular flexibility index (Phi) is 3.61. The van der Waals surface area contributed by atoms with Gasteiger partial charge in [0.15, 0.2) is 14.9 Å². The molecule has 16 heavy (non-hydrogen) atoms. The van der Waals surface area contributed by atoms with Crippen LogP contribution in [0.3, 0.4) is 0 Å². The van der Waals surface area contributed by atoms with Crippen molar-refractivity contribution < 1.29 is 8.42 Å². The first-order valence-electron chi connectivity index (χ1n) is 5.17. The second-order valence-electron chi connectivity index (χ2n) is 3.87. The van der Waals surface area contributed by atoms with Crippen molar-refractivity contribution in [2.45, 2.75) is 23.9 Å². The highest BCUT2D eigenvalue weighted by atomic mass is 79.9. The molecule has 1 atom stereocenters. The molecule has 1 saturated heterocycles. The van der Waals surface area contributed by atoms with E-state index in [1.54, 1.807) is 12.1 Å². The predicted octanol–water partition coefficient (Wildman–Crippen LogP) is 1.37. The topological polar surface area (TPSA) is 59.1 Å². The van der Waals surface area contributed by atoms with Gasteiger partial charge in [0.05, 0.1) is 5.75 Å². The molecule has 0 amide bonds. The van der Waals surface area contributed by atoms with Crippen molar-refractivity contribution in [3.05, 3.63) is 22.8 Å². The van der Waals surface area contributed by atoms with Gasteiger partial charge in [-0.15, -0.1) is 0 Å². The van der Waals surface area contributed by atoms with Crippen LogP contribution in [0, 0.1) is 0 Å². The molecule has 1 N–H and O–H groups in total. The highest BCUT2D eigenvalue weighted by Gasteiger charge is 2.24. The summed E-state index contributed by atoms with van der Waals surface area (Å²) in [5.41, 5.74) is 0. The van der Waals surface area contributed by atoms with Crippen LogP contribution >= 0.6 is 15.9 Å². The van der Waals surface area contributed by atoms with E-state index in [0.29, 0.717) is 4.60 Å². The number of halogens is 1. The molecule has 1 aliphatic rings. The van der Waals surface area contributed by atoms with E-state index in [1.165, 1.54) is 6.07 Å². The zero-order valence-corrected chi connectivity index (χ0v) is 11.1. The maximum atomic E-state index is 12.0. The molecular weight excluding hydrogens is 292 g/mol. The van der Waals surface area contributed by atoms with Crippen molar-refractivity contribution in [1.29, 1.82) is 0 Å². The van der Waals surface area contributed by atoms with Crippen LogP contribution in [0.4, 0.5) is 0 Å². The summed E-state index contributed by atoms with van der Waals surface area (Å²) >= 11 is 3.18. The third kappa shape index (κ3) is 2.81. The summed E-state index contributed by atoms with van der Waals surface area (Å²) in [6.45, 7) is 0.909. The molecule has 2 rings (SSSR count). The van der Waals surface area contributed by atoms with E-state index in [0.717, 1.165) is 19.4 Å². The number of pyridine rings is 1. The van der Waals surface area contributed by atoms with Crippen LogP contribution in [-0.2, 0) is 9.84 Å². The summed E-state index contributed by atoms with van der Waals surface area (Å²) in [5, 5.41) is 3.33. The largest absolute Gasteiger partial charge is 0.313 e. The fourth-order valence-electron chi connectivity index (χ4n) is 1.81. The molecule has 0 spiro atoms. The molecule has 1 aliphatic heterocycles. The van der Waals surface area contributed by atoms with E-state index in [9.17, 15) is 8.42 Å². The Labute approximate surface area is 104 Å². The fourth-order valence-corrected chi connectivity index (χ4v) is 3.78. The Bertz CT molecular complexity index is 469. The van der Waals surface area contributed by atoms with Gasteiger partial charge in [0.25, 0.3) is 0 Å². The number of nitrogens with one attached hydrogen (secondary N) is 1. The maximum absolute atomic E-state index is 12.0. The van der Waals surface area contributed by atoms with E-state index in [1.807, 2.05) is 0 Å². The van der Waals surface area contributed by atoms with Crippen LogP contribution in [-0.4, -0.2) is 31.7 Å². The van der Waals surface area contributed by atoms with Crippen molar-refractivity contribution in [1.82, 2.24) is 10.3 Å². The van der Waals surface area contributed by atoms with E-state index in [-0.39, 0.29) is 16.8 Å². The lowest BCUT2D eigenvalue weighted by Gasteiger charge is -2.10. The molecule has 0 aromatic carbocycles. The lowest BCUT2D eigenvalue weighted by atomic mass is 10.3. The van der Waals surface area contributed by atoms with Gasteiger partial charge in [0.2, 0.25) is 0 Å². The fraction of sp³-hybridized carbons (Fsp3) is 0.500. The zero-order valence-electron chi connectivity index (χ0n) is 8.69. The average molecular weight is 305 g/mol. The molecule has 0 bridgehead atoms. The number of hydrogen-bond acceptors (Lipinski definition) is 4. The third-order valence-electron chi connectivity index (χ3n) is 2.59. The molecule has 1 aromatic heterocycles. The summed E-state index contributed by atoms with van der Waals surface area (Å²) in [6, 6.07) is 5.01. The van der Waals surface area contributed by atoms with Crippen molar-refractivity contribution >= 4 is 25.8 Å². The van der Waals surface area contributed by atoms with Gasteiger partial charge in [0, 0.05) is 6.04 Å². The normalized spacial score (nSPS) is 21.2. The van der Waals surface area contributed by atoms with Gasteiger partial charge in [-0.3, -0.25) is 0 Å². The molecule has 0 unspecified atom stereocenters. The van der Waals surface area contributed by atoms with Gasteiger partial charge >= 0.3 is 0 Å². The minimum atomic E-state index is -3.27. The number of hydrogen-bond donors (Lipinski definition) is 1. The van der Waals surface area contributed by atoms with Gasteiger partial charge in [-0.1, -0.05) is 6.07 Å². The van der Waals surface area contributed by atoms with Crippen molar-refractivity contribution in [2.75, 3.05) is 12.3 Å². The lowest BCUT2D eigenvalue weighted by Crippen LogP contribution is -2.30. The van der Waals surface area contributed by atoms with Crippen molar-refractivity contribution in [3.63, 3.8) is 0 Å². The first kappa shape index (κ1) is 12.0. The first-order valence-corrected chi connectivity index (χ1v) is 7.61. The molecule has 6 heteroatoms. The molecule has 4 nitrogen and oxygen atoms in total. The first-order chi connectivity index (χ1) is 7.58. The summed E-state index contributed by atoms with van der Waals surface area (Å²) in [5.74, 6) is 0.135. The quantitative estimate of drug-likeness (QED) is 0.857. The van der Waals surface area contributed by atoms with Gasteiger partial charge < -0.3 is 5.32 Å². The van der Waals surface area contributed by atoms with Crippen LogP contribution in [0.25, 0.3) is 0 Å². The monoisotopic (exact) mass is 304 g/mol. The second kappa shape index (κ2) is 4.81. The number of rotatable bonds is 3. The van der Waals surface area contributed by atoms with Gasteiger partial charge in [-0.05, 0) is 47.4 Å². The summed E-state index contributed by atoms with van der Waals surface area (Å²) in [4.78, 5) is 3.99. The van der Waals surface area contributed by atoms with E-state index in [4.69, 9.17) is 0 Å². The number of sulfone groups is 1. The van der Waals surface area contributed by atoms with Gasteiger partial charge in [-0.25, -0.2) is 13.4 Å². The Balaban J connectivity index is 2.18. The van der Waals surface area contributed by atoms with Crippen LogP contribution in [0.2, 0.25) is 0 Å². The summed E-state index contributed by atoms with van der Waals surface area (Å²) < 4.78 is 24.6. The summed E-state index contributed by atoms with van der Waals surface area (Å²) in [7, 11) is -3.27. The predicted molar refractivity (Wildman–Crippen MR) is 65.0 cm³/mol. The van der Waals surface area contributed by atoms with Gasteiger partial charge in [-0.2, -0.15) is 0 Å². The van der Waals surface area contributed by atoms with Crippen molar-refractivity contribution in [2.24, 2.45) is 0 Å². The molecule has 0 aliphatic carbocycles. The van der Waals surface area contributed by atoms with E-state index >= 15 is 0 Å². The Hall–Kier alpha value is -0.460. The lowest BCUT2D eigenvalue weighted by molar-refractivity contribution is 0.573. The van der Waals surface area contributed by atoms with E-state index in [2.05, 4.69) is 26.2 Å². The maximum Gasteiger partial charge on any atom is 0.197 e. The van der Waals surface area contributed by atoms with E-state index < -0.39 is 9.84 Å².